The number of benzene rings is 1. The molecule has 0 atom stereocenters. The average molecular weight is 277 g/mol. The fourth-order valence-corrected chi connectivity index (χ4v) is 2.41. The summed E-state index contributed by atoms with van der Waals surface area (Å²) >= 11 is 0. The molecule has 0 saturated heterocycles. The lowest BCUT2D eigenvalue weighted by molar-refractivity contribution is 0.185. The second kappa shape index (κ2) is 9.15. The van der Waals surface area contributed by atoms with Gasteiger partial charge in [-0.2, -0.15) is 0 Å². The van der Waals surface area contributed by atoms with Gasteiger partial charge in [-0.25, -0.2) is 0 Å². The Kier molecular flexibility index (Phi) is 7.86. The number of methoxy groups -OCH3 is 1. The molecule has 114 valence electrons. The molecule has 1 N–H and O–H groups in total. The van der Waals surface area contributed by atoms with Crippen molar-refractivity contribution in [3.63, 3.8) is 0 Å². The smallest absolute Gasteiger partial charge is 0.0713 e. The summed E-state index contributed by atoms with van der Waals surface area (Å²) in [6, 6.07) is 8.66. The fourth-order valence-electron chi connectivity index (χ4n) is 2.41. The molecule has 0 heterocycles. The summed E-state index contributed by atoms with van der Waals surface area (Å²) < 4.78 is 5.12. The molecule has 0 aromatic heterocycles. The van der Waals surface area contributed by atoms with E-state index in [0.717, 1.165) is 13.1 Å². The Morgan fingerprint density at radius 3 is 2.30 bits per heavy atom. The van der Waals surface area contributed by atoms with Crippen molar-refractivity contribution in [1.29, 1.82) is 0 Å². The molecular weight excluding hydrogens is 246 g/mol. The highest BCUT2D eigenvalue weighted by molar-refractivity contribution is 5.21. The zero-order valence-electron chi connectivity index (χ0n) is 13.7. The van der Waals surface area contributed by atoms with Gasteiger partial charge in [0.15, 0.2) is 0 Å². The summed E-state index contributed by atoms with van der Waals surface area (Å²) in [5, 5.41) is 3.59. The van der Waals surface area contributed by atoms with Crippen LogP contribution >= 0.6 is 0 Å². The predicted molar refractivity (Wildman–Crippen MR) is 86.8 cm³/mol. The van der Waals surface area contributed by atoms with E-state index >= 15 is 0 Å². The number of ether oxygens (including phenoxy) is 1. The van der Waals surface area contributed by atoms with Gasteiger partial charge in [0, 0.05) is 20.2 Å². The van der Waals surface area contributed by atoms with Crippen molar-refractivity contribution in [1.82, 2.24) is 5.32 Å². The van der Waals surface area contributed by atoms with E-state index in [1.807, 2.05) is 0 Å². The summed E-state index contributed by atoms with van der Waals surface area (Å²) in [5.41, 5.74) is 2.97. The maximum atomic E-state index is 5.12. The van der Waals surface area contributed by atoms with Gasteiger partial charge in [0.2, 0.25) is 0 Å². The number of nitrogens with one attached hydrogen (secondary N) is 1. The van der Waals surface area contributed by atoms with Gasteiger partial charge in [-0.1, -0.05) is 64.3 Å². The number of unbranched alkanes of at least 4 members (excludes halogenated alkanes) is 2. The third kappa shape index (κ3) is 7.06. The van der Waals surface area contributed by atoms with Crippen LogP contribution in [0, 0.1) is 5.41 Å². The zero-order chi connectivity index (χ0) is 14.8. The van der Waals surface area contributed by atoms with Crippen LogP contribution in [0.2, 0.25) is 0 Å². The van der Waals surface area contributed by atoms with Crippen molar-refractivity contribution in [2.24, 2.45) is 5.41 Å². The lowest BCUT2D eigenvalue weighted by Gasteiger charge is -2.25. The number of hydrogen-bond donors (Lipinski definition) is 1. The van der Waals surface area contributed by atoms with Crippen molar-refractivity contribution in [3.05, 3.63) is 35.4 Å². The Morgan fingerprint density at radius 1 is 1.05 bits per heavy atom. The van der Waals surface area contributed by atoms with Crippen molar-refractivity contribution in [3.8, 4) is 0 Å². The van der Waals surface area contributed by atoms with Crippen LogP contribution in [0.5, 0.6) is 0 Å². The molecule has 1 rings (SSSR count). The third-order valence-corrected chi connectivity index (χ3v) is 3.72. The minimum atomic E-state index is 0.394. The molecule has 0 bridgehead atoms. The van der Waals surface area contributed by atoms with Crippen LogP contribution in [0.1, 0.15) is 57.6 Å². The molecule has 0 aliphatic heterocycles. The summed E-state index contributed by atoms with van der Waals surface area (Å²) in [6.45, 7) is 9.70. The maximum Gasteiger partial charge on any atom is 0.0713 e. The molecule has 20 heavy (non-hydrogen) atoms. The third-order valence-electron chi connectivity index (χ3n) is 3.72. The summed E-state index contributed by atoms with van der Waals surface area (Å²) in [7, 11) is 1.73. The summed E-state index contributed by atoms with van der Waals surface area (Å²) in [4.78, 5) is 0. The van der Waals surface area contributed by atoms with Crippen LogP contribution in [0.4, 0.5) is 0 Å². The molecule has 0 amide bonds. The Labute approximate surface area is 124 Å². The Bertz CT molecular complexity index is 356. The average Bonchev–Trinajstić information content (AvgIpc) is 2.41. The SMILES string of the molecule is CCCCCC(C)(C)CNCc1ccc(COC)cc1. The van der Waals surface area contributed by atoms with E-state index in [4.69, 9.17) is 4.74 Å². The van der Waals surface area contributed by atoms with E-state index < -0.39 is 0 Å². The van der Waals surface area contributed by atoms with Crippen molar-refractivity contribution >= 4 is 0 Å². The highest BCUT2D eigenvalue weighted by atomic mass is 16.5. The van der Waals surface area contributed by atoms with E-state index in [1.165, 1.54) is 36.8 Å². The lowest BCUT2D eigenvalue weighted by atomic mass is 9.87. The monoisotopic (exact) mass is 277 g/mol. The Balaban J connectivity index is 2.28. The second-order valence-corrected chi connectivity index (χ2v) is 6.47. The van der Waals surface area contributed by atoms with Crippen LogP contribution in [0.15, 0.2) is 24.3 Å². The van der Waals surface area contributed by atoms with Gasteiger partial charge in [-0.15, -0.1) is 0 Å². The van der Waals surface area contributed by atoms with Crippen LogP contribution in [0.25, 0.3) is 0 Å². The summed E-state index contributed by atoms with van der Waals surface area (Å²) in [5.74, 6) is 0. The molecule has 2 nitrogen and oxygen atoms in total. The molecule has 1 aromatic carbocycles. The Hall–Kier alpha value is -0.860. The number of rotatable bonds is 10. The molecule has 0 unspecified atom stereocenters. The van der Waals surface area contributed by atoms with E-state index in [-0.39, 0.29) is 0 Å². The largest absolute Gasteiger partial charge is 0.380 e. The topological polar surface area (TPSA) is 21.3 Å². The first-order valence-electron chi connectivity index (χ1n) is 7.85. The van der Waals surface area contributed by atoms with Crippen molar-refractivity contribution in [2.45, 2.75) is 59.6 Å². The minimum Gasteiger partial charge on any atom is -0.380 e. The van der Waals surface area contributed by atoms with E-state index in [2.05, 4.69) is 50.4 Å². The van der Waals surface area contributed by atoms with E-state index in [9.17, 15) is 0 Å². The van der Waals surface area contributed by atoms with Gasteiger partial charge in [0.1, 0.15) is 0 Å². The first-order chi connectivity index (χ1) is 9.57. The fraction of sp³-hybridized carbons (Fsp3) is 0.667. The first-order valence-corrected chi connectivity index (χ1v) is 7.85. The lowest BCUT2D eigenvalue weighted by Crippen LogP contribution is -2.29. The van der Waals surface area contributed by atoms with E-state index in [1.54, 1.807) is 7.11 Å². The molecule has 2 heteroatoms. The molecular formula is C18H31NO. The summed E-state index contributed by atoms with van der Waals surface area (Å²) in [6.07, 6.45) is 5.30. The van der Waals surface area contributed by atoms with Crippen molar-refractivity contribution in [2.75, 3.05) is 13.7 Å². The molecule has 0 radical (unpaired) electrons. The minimum absolute atomic E-state index is 0.394. The van der Waals surface area contributed by atoms with E-state index in [0.29, 0.717) is 12.0 Å². The normalized spacial score (nSPS) is 11.8. The van der Waals surface area contributed by atoms with Gasteiger partial charge in [0.25, 0.3) is 0 Å². The van der Waals surface area contributed by atoms with Crippen LogP contribution in [0.3, 0.4) is 0 Å². The molecule has 0 aliphatic rings. The molecule has 0 aliphatic carbocycles. The van der Waals surface area contributed by atoms with Gasteiger partial charge in [0.05, 0.1) is 6.61 Å². The molecule has 0 spiro atoms. The van der Waals surface area contributed by atoms with Crippen LogP contribution < -0.4 is 5.32 Å². The zero-order valence-corrected chi connectivity index (χ0v) is 13.7. The Morgan fingerprint density at radius 2 is 1.70 bits per heavy atom. The first kappa shape index (κ1) is 17.2. The highest BCUT2D eigenvalue weighted by Crippen LogP contribution is 2.22. The van der Waals surface area contributed by atoms with Gasteiger partial charge in [-0.05, 0) is 23.0 Å². The van der Waals surface area contributed by atoms with Crippen LogP contribution in [-0.4, -0.2) is 13.7 Å². The van der Waals surface area contributed by atoms with Gasteiger partial charge in [-0.3, -0.25) is 0 Å². The standard InChI is InChI=1S/C18H31NO/c1-5-6-7-12-18(2,3)15-19-13-16-8-10-17(11-9-16)14-20-4/h8-11,19H,5-7,12-15H2,1-4H3. The van der Waals surface area contributed by atoms with Gasteiger partial charge < -0.3 is 10.1 Å². The molecule has 1 aromatic rings. The van der Waals surface area contributed by atoms with Crippen LogP contribution in [-0.2, 0) is 17.9 Å². The highest BCUT2D eigenvalue weighted by Gasteiger charge is 2.16. The van der Waals surface area contributed by atoms with Crippen molar-refractivity contribution < 1.29 is 4.74 Å². The maximum absolute atomic E-state index is 5.12. The van der Waals surface area contributed by atoms with Gasteiger partial charge >= 0.3 is 0 Å². The number of hydrogen-bond acceptors (Lipinski definition) is 2. The molecule has 0 fully saturated rings. The quantitative estimate of drug-likeness (QED) is 0.634. The predicted octanol–water partition coefficient (Wildman–Crippen LogP) is 4.53. The second-order valence-electron chi connectivity index (χ2n) is 6.47. The molecule has 0 saturated carbocycles.